The molecule has 2 amide bonds. The number of rotatable bonds is 8. The normalized spacial score (nSPS) is 16.2. The molecule has 0 atom stereocenters. The van der Waals surface area contributed by atoms with E-state index >= 15 is 0 Å². The molecule has 1 saturated carbocycles. The second kappa shape index (κ2) is 7.02. The quantitative estimate of drug-likeness (QED) is 0.657. The summed E-state index contributed by atoms with van der Waals surface area (Å²) in [6.45, 7) is 5.82. The molecule has 1 N–H and O–H groups in total. The van der Waals surface area contributed by atoms with E-state index in [1.54, 1.807) is 4.90 Å². The van der Waals surface area contributed by atoms with Crippen LogP contribution in [0.4, 0.5) is 0 Å². The number of thiol groups is 1. The van der Waals surface area contributed by atoms with Gasteiger partial charge in [-0.15, -0.1) is 0 Å². The summed E-state index contributed by atoms with van der Waals surface area (Å²) < 4.78 is 0. The molecule has 4 nitrogen and oxygen atoms in total. The molecule has 1 aliphatic carbocycles. The van der Waals surface area contributed by atoms with Crippen LogP contribution in [0.25, 0.3) is 0 Å². The van der Waals surface area contributed by atoms with E-state index < -0.39 is 0 Å². The van der Waals surface area contributed by atoms with Crippen molar-refractivity contribution in [3.8, 4) is 0 Å². The molecule has 0 aromatic carbocycles. The van der Waals surface area contributed by atoms with E-state index in [0.29, 0.717) is 19.4 Å². The van der Waals surface area contributed by atoms with Crippen LogP contribution in [0.3, 0.4) is 0 Å². The van der Waals surface area contributed by atoms with Crippen molar-refractivity contribution in [3.05, 3.63) is 0 Å². The number of carbonyl (C=O) groups excluding carboxylic acids is 2. The Kier molecular flexibility index (Phi) is 5.99. The van der Waals surface area contributed by atoms with Gasteiger partial charge in [0.25, 0.3) is 0 Å². The molecule has 0 radical (unpaired) electrons. The zero-order valence-corrected chi connectivity index (χ0v) is 12.3. The Morgan fingerprint density at radius 2 is 1.89 bits per heavy atom. The summed E-state index contributed by atoms with van der Waals surface area (Å²) in [6, 6.07) is 0. The van der Waals surface area contributed by atoms with Gasteiger partial charge in [0.2, 0.25) is 11.8 Å². The Bertz CT molecular complexity index is 299. The van der Waals surface area contributed by atoms with Crippen LogP contribution in [0, 0.1) is 5.41 Å². The minimum absolute atomic E-state index is 0.0499. The van der Waals surface area contributed by atoms with Crippen LogP contribution in [0.2, 0.25) is 0 Å². The van der Waals surface area contributed by atoms with Gasteiger partial charge in [-0.3, -0.25) is 9.59 Å². The van der Waals surface area contributed by atoms with Crippen LogP contribution in [-0.4, -0.2) is 42.1 Å². The summed E-state index contributed by atoms with van der Waals surface area (Å²) in [7, 11) is 0. The SMILES string of the molecule is CCN(CC)C(=O)CCNC(=O)CC1(CS)CC1. The van der Waals surface area contributed by atoms with Crippen LogP contribution >= 0.6 is 12.6 Å². The van der Waals surface area contributed by atoms with Crippen molar-refractivity contribution >= 4 is 24.4 Å². The van der Waals surface area contributed by atoms with E-state index in [1.165, 1.54) is 0 Å². The Labute approximate surface area is 115 Å². The molecule has 18 heavy (non-hydrogen) atoms. The molecule has 0 saturated heterocycles. The minimum atomic E-state index is 0.0499. The monoisotopic (exact) mass is 272 g/mol. The molecule has 1 rings (SSSR count). The largest absolute Gasteiger partial charge is 0.356 e. The molecule has 1 fully saturated rings. The van der Waals surface area contributed by atoms with Gasteiger partial charge in [-0.2, -0.15) is 12.6 Å². The van der Waals surface area contributed by atoms with E-state index in [0.717, 1.165) is 31.7 Å². The van der Waals surface area contributed by atoms with E-state index in [-0.39, 0.29) is 17.2 Å². The maximum Gasteiger partial charge on any atom is 0.224 e. The van der Waals surface area contributed by atoms with Gasteiger partial charge in [0.15, 0.2) is 0 Å². The van der Waals surface area contributed by atoms with Gasteiger partial charge >= 0.3 is 0 Å². The highest BCUT2D eigenvalue weighted by Gasteiger charge is 2.42. The second-order valence-electron chi connectivity index (χ2n) is 5.00. The molecule has 5 heteroatoms. The molecular weight excluding hydrogens is 248 g/mol. The fraction of sp³-hybridized carbons (Fsp3) is 0.846. The van der Waals surface area contributed by atoms with Crippen molar-refractivity contribution in [2.75, 3.05) is 25.4 Å². The predicted octanol–water partition coefficient (Wildman–Crippen LogP) is 1.46. The number of nitrogens with zero attached hydrogens (tertiary/aromatic N) is 1. The van der Waals surface area contributed by atoms with E-state index in [4.69, 9.17) is 0 Å². The number of carbonyl (C=O) groups is 2. The van der Waals surface area contributed by atoms with Gasteiger partial charge in [-0.25, -0.2) is 0 Å². The van der Waals surface area contributed by atoms with Gasteiger partial charge < -0.3 is 10.2 Å². The van der Waals surface area contributed by atoms with Crippen molar-refractivity contribution in [3.63, 3.8) is 0 Å². The van der Waals surface area contributed by atoms with E-state index in [1.807, 2.05) is 13.8 Å². The van der Waals surface area contributed by atoms with Gasteiger partial charge in [0.05, 0.1) is 0 Å². The van der Waals surface area contributed by atoms with Crippen molar-refractivity contribution < 1.29 is 9.59 Å². The van der Waals surface area contributed by atoms with Crippen LogP contribution in [0.15, 0.2) is 0 Å². The Morgan fingerprint density at radius 1 is 1.28 bits per heavy atom. The Hall–Kier alpha value is -0.710. The van der Waals surface area contributed by atoms with Gasteiger partial charge in [-0.1, -0.05) is 0 Å². The topological polar surface area (TPSA) is 49.4 Å². The highest BCUT2D eigenvalue weighted by atomic mass is 32.1. The number of hydrogen-bond acceptors (Lipinski definition) is 3. The van der Waals surface area contributed by atoms with E-state index in [2.05, 4.69) is 17.9 Å². The zero-order chi connectivity index (χ0) is 13.6. The molecule has 0 heterocycles. The number of hydrogen-bond donors (Lipinski definition) is 2. The zero-order valence-electron chi connectivity index (χ0n) is 11.4. The third kappa shape index (κ3) is 4.52. The summed E-state index contributed by atoms with van der Waals surface area (Å²) in [4.78, 5) is 25.2. The lowest BCUT2D eigenvalue weighted by molar-refractivity contribution is -0.130. The Balaban J connectivity index is 2.17. The van der Waals surface area contributed by atoms with Crippen LogP contribution in [-0.2, 0) is 9.59 Å². The summed E-state index contributed by atoms with van der Waals surface area (Å²) in [5.74, 6) is 0.934. The summed E-state index contributed by atoms with van der Waals surface area (Å²) >= 11 is 4.27. The highest BCUT2D eigenvalue weighted by molar-refractivity contribution is 7.80. The third-order valence-corrected chi connectivity index (χ3v) is 4.28. The molecule has 0 aromatic rings. The minimum Gasteiger partial charge on any atom is -0.356 e. The van der Waals surface area contributed by atoms with Crippen molar-refractivity contribution in [2.45, 2.75) is 39.5 Å². The average molecular weight is 272 g/mol. The van der Waals surface area contributed by atoms with Crippen LogP contribution in [0.1, 0.15) is 39.5 Å². The van der Waals surface area contributed by atoms with Gasteiger partial charge in [0, 0.05) is 32.5 Å². The third-order valence-electron chi connectivity index (χ3n) is 3.61. The number of amides is 2. The fourth-order valence-corrected chi connectivity index (χ4v) is 2.44. The lowest BCUT2D eigenvalue weighted by atomic mass is 10.1. The average Bonchev–Trinajstić information content (AvgIpc) is 3.11. The highest BCUT2D eigenvalue weighted by Crippen LogP contribution is 2.49. The smallest absolute Gasteiger partial charge is 0.224 e. The molecule has 0 unspecified atom stereocenters. The molecule has 104 valence electrons. The summed E-state index contributed by atoms with van der Waals surface area (Å²) in [5.41, 5.74) is 0.149. The molecule has 0 aliphatic heterocycles. The maximum atomic E-state index is 11.7. The van der Waals surface area contributed by atoms with Crippen molar-refractivity contribution in [1.82, 2.24) is 10.2 Å². The molecule has 0 bridgehead atoms. The van der Waals surface area contributed by atoms with Crippen molar-refractivity contribution in [2.24, 2.45) is 5.41 Å². The summed E-state index contributed by atoms with van der Waals surface area (Å²) in [5, 5.41) is 2.83. The first-order valence-electron chi connectivity index (χ1n) is 6.72. The van der Waals surface area contributed by atoms with Crippen molar-refractivity contribution in [1.29, 1.82) is 0 Å². The summed E-state index contributed by atoms with van der Waals surface area (Å²) in [6.07, 6.45) is 3.14. The Morgan fingerprint density at radius 3 is 2.33 bits per heavy atom. The van der Waals surface area contributed by atoms with Gasteiger partial charge in [0.1, 0.15) is 0 Å². The van der Waals surface area contributed by atoms with E-state index in [9.17, 15) is 9.59 Å². The molecule has 1 aliphatic rings. The molecule has 0 aromatic heterocycles. The second-order valence-corrected chi connectivity index (χ2v) is 5.32. The predicted molar refractivity (Wildman–Crippen MR) is 75.7 cm³/mol. The van der Waals surface area contributed by atoms with Crippen LogP contribution in [0.5, 0.6) is 0 Å². The molecular formula is C13H24N2O2S. The lowest BCUT2D eigenvalue weighted by Crippen LogP contribution is -2.34. The fourth-order valence-electron chi connectivity index (χ4n) is 2.01. The maximum absolute atomic E-state index is 11.7. The molecule has 0 spiro atoms. The standard InChI is InChI=1S/C13H24N2O2S/c1-3-15(4-2)12(17)5-8-14-11(16)9-13(10-18)6-7-13/h18H,3-10H2,1-2H3,(H,14,16). The lowest BCUT2D eigenvalue weighted by Gasteiger charge is -2.18. The first-order valence-corrected chi connectivity index (χ1v) is 7.35. The first kappa shape index (κ1) is 15.3. The van der Waals surface area contributed by atoms with Crippen LogP contribution < -0.4 is 5.32 Å². The van der Waals surface area contributed by atoms with Gasteiger partial charge in [-0.05, 0) is 37.9 Å². The first-order chi connectivity index (χ1) is 8.56. The number of nitrogens with one attached hydrogen (secondary N) is 1.